The number of hydrogen-bond donors (Lipinski definition) is 1. The molecule has 0 unspecified atom stereocenters. The normalized spacial score (nSPS) is 13.4. The Morgan fingerprint density at radius 3 is 2.88 bits per heavy atom. The van der Waals surface area contributed by atoms with Crippen molar-refractivity contribution < 1.29 is 9.53 Å². The van der Waals surface area contributed by atoms with Crippen LogP contribution in [0.15, 0.2) is 36.4 Å². The fourth-order valence-electron chi connectivity index (χ4n) is 3.26. The molecule has 0 bridgehead atoms. The monoisotopic (exact) mass is 324 g/mol. The van der Waals surface area contributed by atoms with Crippen LogP contribution in [-0.4, -0.2) is 26.1 Å². The summed E-state index contributed by atoms with van der Waals surface area (Å²) < 4.78 is 5.50. The van der Waals surface area contributed by atoms with Crippen LogP contribution in [0.25, 0.3) is 0 Å². The molecule has 1 N–H and O–H groups in total. The molecule has 2 aromatic rings. The van der Waals surface area contributed by atoms with E-state index in [1.54, 1.807) is 7.11 Å². The number of carbonyl (C=O) groups excluding carboxylic acids is 1. The van der Waals surface area contributed by atoms with Crippen LogP contribution in [0.4, 0.5) is 11.4 Å². The van der Waals surface area contributed by atoms with Gasteiger partial charge >= 0.3 is 0 Å². The number of amides is 1. The fourth-order valence-corrected chi connectivity index (χ4v) is 3.26. The van der Waals surface area contributed by atoms with E-state index < -0.39 is 0 Å². The molecular formula is C20H24N2O2. The maximum atomic E-state index is 12.6. The van der Waals surface area contributed by atoms with Gasteiger partial charge in [-0.3, -0.25) is 4.79 Å². The number of ether oxygens (including phenoxy) is 1. The van der Waals surface area contributed by atoms with Crippen LogP contribution in [-0.2, 0) is 11.2 Å². The zero-order chi connectivity index (χ0) is 17.1. The van der Waals surface area contributed by atoms with Crippen molar-refractivity contribution >= 4 is 17.3 Å². The van der Waals surface area contributed by atoms with Crippen molar-refractivity contribution in [3.05, 3.63) is 53.1 Å². The number of nitrogens with zero attached hydrogens (tertiary/aromatic N) is 1. The molecule has 0 radical (unpaired) electrons. The highest BCUT2D eigenvalue weighted by Crippen LogP contribution is 2.35. The van der Waals surface area contributed by atoms with Crippen LogP contribution < -0.4 is 15.0 Å². The smallest absolute Gasteiger partial charge is 0.243 e. The first-order chi connectivity index (χ1) is 11.6. The van der Waals surface area contributed by atoms with Gasteiger partial charge in [-0.15, -0.1) is 0 Å². The first-order valence-corrected chi connectivity index (χ1v) is 8.36. The molecule has 3 rings (SSSR count). The highest BCUT2D eigenvalue weighted by atomic mass is 16.5. The van der Waals surface area contributed by atoms with E-state index in [9.17, 15) is 4.79 Å². The highest BCUT2D eigenvalue weighted by molar-refractivity contribution is 5.95. The Morgan fingerprint density at radius 2 is 2.08 bits per heavy atom. The summed E-state index contributed by atoms with van der Waals surface area (Å²) in [6.45, 7) is 5.24. The first-order valence-electron chi connectivity index (χ1n) is 8.36. The molecular weight excluding hydrogens is 300 g/mol. The minimum atomic E-state index is 0.00227. The van der Waals surface area contributed by atoms with Crippen LogP contribution in [0.3, 0.4) is 0 Å². The Bertz CT molecular complexity index is 741. The number of carbonyl (C=O) groups is 1. The van der Waals surface area contributed by atoms with Gasteiger partial charge in [0.25, 0.3) is 0 Å². The van der Waals surface area contributed by atoms with Crippen LogP contribution >= 0.6 is 0 Å². The summed E-state index contributed by atoms with van der Waals surface area (Å²) in [6, 6.07) is 12.2. The van der Waals surface area contributed by atoms with Gasteiger partial charge in [0.2, 0.25) is 5.91 Å². The third-order valence-corrected chi connectivity index (χ3v) is 4.49. The van der Waals surface area contributed by atoms with Crippen molar-refractivity contribution in [3.63, 3.8) is 0 Å². The second kappa shape index (κ2) is 6.95. The molecule has 0 fully saturated rings. The third kappa shape index (κ3) is 3.37. The van der Waals surface area contributed by atoms with Gasteiger partial charge in [0.15, 0.2) is 0 Å². The minimum Gasteiger partial charge on any atom is -0.495 e. The molecule has 2 aromatic carbocycles. The molecule has 1 amide bonds. The van der Waals surface area contributed by atoms with Gasteiger partial charge in [-0.25, -0.2) is 0 Å². The van der Waals surface area contributed by atoms with Crippen molar-refractivity contribution in [1.82, 2.24) is 0 Å². The Morgan fingerprint density at radius 1 is 1.25 bits per heavy atom. The van der Waals surface area contributed by atoms with Crippen LogP contribution in [0.2, 0.25) is 0 Å². The van der Waals surface area contributed by atoms with Crippen LogP contribution in [0.5, 0.6) is 5.75 Å². The minimum absolute atomic E-state index is 0.00227. The molecule has 24 heavy (non-hydrogen) atoms. The van der Waals surface area contributed by atoms with Gasteiger partial charge in [0.05, 0.1) is 19.3 Å². The largest absolute Gasteiger partial charge is 0.495 e. The predicted molar refractivity (Wildman–Crippen MR) is 98.1 cm³/mol. The number of methoxy groups -OCH3 is 1. The Balaban J connectivity index is 1.78. The topological polar surface area (TPSA) is 41.6 Å². The molecule has 0 saturated heterocycles. The number of fused-ring (bicyclic) bond motifs is 1. The zero-order valence-electron chi connectivity index (χ0n) is 14.6. The number of rotatable bonds is 4. The van der Waals surface area contributed by atoms with E-state index in [0.29, 0.717) is 6.54 Å². The molecule has 0 aliphatic carbocycles. The van der Waals surface area contributed by atoms with Crippen LogP contribution in [0.1, 0.15) is 23.1 Å². The second-order valence-corrected chi connectivity index (χ2v) is 6.36. The lowest BCUT2D eigenvalue weighted by Gasteiger charge is -2.32. The van der Waals surface area contributed by atoms with Gasteiger partial charge in [-0.05, 0) is 55.5 Å². The molecule has 0 saturated carbocycles. The van der Waals surface area contributed by atoms with Gasteiger partial charge in [-0.2, -0.15) is 0 Å². The summed E-state index contributed by atoms with van der Waals surface area (Å²) in [6.07, 6.45) is 2.08. The van der Waals surface area contributed by atoms with Gasteiger partial charge in [0.1, 0.15) is 5.75 Å². The Labute approximate surface area is 143 Å². The first kappa shape index (κ1) is 16.4. The maximum Gasteiger partial charge on any atom is 0.243 e. The third-order valence-electron chi connectivity index (χ3n) is 4.49. The van der Waals surface area contributed by atoms with Gasteiger partial charge in [0, 0.05) is 12.2 Å². The van der Waals surface area contributed by atoms with Gasteiger partial charge in [-0.1, -0.05) is 24.3 Å². The highest BCUT2D eigenvalue weighted by Gasteiger charge is 2.22. The lowest BCUT2D eigenvalue weighted by atomic mass is 10.0. The quantitative estimate of drug-likeness (QED) is 0.932. The van der Waals surface area contributed by atoms with E-state index in [1.165, 1.54) is 5.56 Å². The summed E-state index contributed by atoms with van der Waals surface area (Å²) in [5, 5.41) is 3.05. The number of benzene rings is 2. The predicted octanol–water partition coefficient (Wildman–Crippen LogP) is 3.70. The van der Waals surface area contributed by atoms with Crippen LogP contribution in [0, 0.1) is 13.8 Å². The standard InChI is InChI=1S/C20H24N2O2/c1-14-9-10-15(2)17(12-14)21-19(23)13-22-11-5-7-16-6-4-8-18(24-3)20(16)22/h4,6,8-10,12H,5,7,11,13H2,1-3H3,(H,21,23). The molecule has 1 heterocycles. The number of anilines is 2. The summed E-state index contributed by atoms with van der Waals surface area (Å²) in [4.78, 5) is 14.7. The van der Waals surface area contributed by atoms with Crippen molar-refractivity contribution in [2.75, 3.05) is 30.4 Å². The molecule has 126 valence electrons. The number of nitrogens with one attached hydrogen (secondary N) is 1. The van der Waals surface area contributed by atoms with Gasteiger partial charge < -0.3 is 15.0 Å². The van der Waals surface area contributed by atoms with E-state index in [4.69, 9.17) is 4.74 Å². The van der Waals surface area contributed by atoms with E-state index in [1.807, 2.05) is 38.1 Å². The number of aryl methyl sites for hydroxylation is 3. The summed E-state index contributed by atoms with van der Waals surface area (Å²) in [5.41, 5.74) is 5.41. The molecule has 4 nitrogen and oxygen atoms in total. The second-order valence-electron chi connectivity index (χ2n) is 6.36. The van der Waals surface area contributed by atoms with E-state index in [-0.39, 0.29) is 5.91 Å². The molecule has 0 atom stereocenters. The lowest BCUT2D eigenvalue weighted by molar-refractivity contribution is -0.115. The summed E-state index contributed by atoms with van der Waals surface area (Å²) in [7, 11) is 1.68. The van der Waals surface area contributed by atoms with E-state index in [0.717, 1.165) is 47.6 Å². The van der Waals surface area contributed by atoms with Crippen molar-refractivity contribution in [1.29, 1.82) is 0 Å². The SMILES string of the molecule is COc1cccc2c1N(CC(=O)Nc1cc(C)ccc1C)CCC2. The Kier molecular flexibility index (Phi) is 4.74. The maximum absolute atomic E-state index is 12.6. The number of hydrogen-bond acceptors (Lipinski definition) is 3. The Hall–Kier alpha value is -2.49. The molecule has 4 heteroatoms. The summed E-state index contributed by atoms with van der Waals surface area (Å²) in [5.74, 6) is 0.842. The summed E-state index contributed by atoms with van der Waals surface area (Å²) >= 11 is 0. The molecule has 1 aliphatic heterocycles. The average molecular weight is 324 g/mol. The van der Waals surface area contributed by atoms with Crippen molar-refractivity contribution in [2.45, 2.75) is 26.7 Å². The molecule has 1 aliphatic rings. The molecule has 0 aromatic heterocycles. The lowest BCUT2D eigenvalue weighted by Crippen LogP contribution is -2.37. The van der Waals surface area contributed by atoms with Crippen molar-refractivity contribution in [3.8, 4) is 5.75 Å². The zero-order valence-corrected chi connectivity index (χ0v) is 14.6. The number of para-hydroxylation sites is 1. The van der Waals surface area contributed by atoms with Crippen molar-refractivity contribution in [2.24, 2.45) is 0 Å². The average Bonchev–Trinajstić information content (AvgIpc) is 2.57. The van der Waals surface area contributed by atoms with E-state index >= 15 is 0 Å². The fraction of sp³-hybridized carbons (Fsp3) is 0.350. The molecule has 0 spiro atoms. The van der Waals surface area contributed by atoms with E-state index in [2.05, 4.69) is 22.3 Å².